The van der Waals surface area contributed by atoms with Crippen LogP contribution >= 0.6 is 0 Å². The average molecular weight is 296 g/mol. The first-order chi connectivity index (χ1) is 10.8. The highest BCUT2D eigenvalue weighted by atomic mass is 16.5. The van der Waals surface area contributed by atoms with Gasteiger partial charge < -0.3 is 20.1 Å². The van der Waals surface area contributed by atoms with Crippen molar-refractivity contribution >= 4 is 11.6 Å². The Morgan fingerprint density at radius 2 is 2.14 bits per heavy atom. The summed E-state index contributed by atoms with van der Waals surface area (Å²) in [6.45, 7) is 0.668. The van der Waals surface area contributed by atoms with Gasteiger partial charge in [0.1, 0.15) is 11.4 Å². The Labute approximate surface area is 127 Å². The van der Waals surface area contributed by atoms with E-state index in [1.54, 1.807) is 25.5 Å². The molecule has 22 heavy (non-hydrogen) atoms. The van der Waals surface area contributed by atoms with E-state index in [0.29, 0.717) is 18.0 Å². The Kier molecular flexibility index (Phi) is 3.91. The topological polar surface area (TPSA) is 82.9 Å². The molecule has 1 amide bonds. The number of amides is 1. The highest BCUT2D eigenvalue weighted by Gasteiger charge is 2.14. The third-order valence-electron chi connectivity index (χ3n) is 3.31. The number of carbonyl (C=O) groups is 1. The van der Waals surface area contributed by atoms with Crippen LogP contribution in [0.25, 0.3) is 11.3 Å². The van der Waals surface area contributed by atoms with Gasteiger partial charge in [-0.05, 0) is 11.6 Å². The summed E-state index contributed by atoms with van der Waals surface area (Å²) in [4.78, 5) is 14.5. The molecular formula is C16H16N4O2. The number of aromatic nitrogens is 2. The molecule has 6 nitrogen and oxygen atoms in total. The second kappa shape index (κ2) is 6.17. The SMILES string of the molecule is CNC(=O)c1cc(-c2oncc2NCc2ccccc2)c[nH]1. The van der Waals surface area contributed by atoms with Crippen LogP contribution in [0.15, 0.2) is 53.3 Å². The number of rotatable bonds is 5. The molecular weight excluding hydrogens is 280 g/mol. The van der Waals surface area contributed by atoms with Crippen molar-refractivity contribution in [3.63, 3.8) is 0 Å². The fourth-order valence-electron chi connectivity index (χ4n) is 2.16. The minimum absolute atomic E-state index is 0.176. The van der Waals surface area contributed by atoms with Crippen molar-refractivity contribution in [1.29, 1.82) is 0 Å². The summed E-state index contributed by atoms with van der Waals surface area (Å²) in [6.07, 6.45) is 3.35. The van der Waals surface area contributed by atoms with Crippen molar-refractivity contribution in [3.05, 3.63) is 60.0 Å². The van der Waals surface area contributed by atoms with Gasteiger partial charge in [-0.1, -0.05) is 35.5 Å². The van der Waals surface area contributed by atoms with E-state index in [1.807, 2.05) is 30.3 Å². The van der Waals surface area contributed by atoms with Crippen LogP contribution in [0.3, 0.4) is 0 Å². The highest BCUT2D eigenvalue weighted by Crippen LogP contribution is 2.28. The van der Waals surface area contributed by atoms with Gasteiger partial charge >= 0.3 is 0 Å². The number of H-pyrrole nitrogens is 1. The number of carbonyl (C=O) groups excluding carboxylic acids is 1. The maximum absolute atomic E-state index is 11.6. The fraction of sp³-hybridized carbons (Fsp3) is 0.125. The summed E-state index contributed by atoms with van der Waals surface area (Å²) >= 11 is 0. The zero-order chi connectivity index (χ0) is 15.4. The first-order valence-corrected chi connectivity index (χ1v) is 6.91. The number of aromatic amines is 1. The Balaban J connectivity index is 1.77. The summed E-state index contributed by atoms with van der Waals surface area (Å²) < 4.78 is 5.30. The van der Waals surface area contributed by atoms with Crippen LogP contribution in [0.2, 0.25) is 0 Å². The maximum Gasteiger partial charge on any atom is 0.267 e. The molecule has 0 saturated carbocycles. The Bertz CT molecular complexity index is 761. The van der Waals surface area contributed by atoms with E-state index in [4.69, 9.17) is 4.52 Å². The zero-order valence-corrected chi connectivity index (χ0v) is 12.1. The van der Waals surface area contributed by atoms with Crippen molar-refractivity contribution in [3.8, 4) is 11.3 Å². The molecule has 3 rings (SSSR count). The number of nitrogens with zero attached hydrogens (tertiary/aromatic N) is 1. The van der Waals surface area contributed by atoms with E-state index in [0.717, 1.165) is 16.8 Å². The van der Waals surface area contributed by atoms with E-state index in [9.17, 15) is 4.79 Å². The molecule has 0 spiro atoms. The molecule has 0 saturated heterocycles. The van der Waals surface area contributed by atoms with E-state index in [1.165, 1.54) is 0 Å². The molecule has 0 atom stereocenters. The zero-order valence-electron chi connectivity index (χ0n) is 12.1. The Hall–Kier alpha value is -3.02. The summed E-state index contributed by atoms with van der Waals surface area (Å²) in [5, 5.41) is 9.69. The lowest BCUT2D eigenvalue weighted by atomic mass is 10.2. The van der Waals surface area contributed by atoms with Crippen molar-refractivity contribution in [2.24, 2.45) is 0 Å². The molecule has 112 valence electrons. The standard InChI is InChI=1S/C16H16N4O2/c1-17-16(21)13-7-12(9-19-13)15-14(10-20-22-15)18-8-11-5-3-2-4-6-11/h2-7,9-10,18-19H,8H2,1H3,(H,17,21). The van der Waals surface area contributed by atoms with E-state index in [-0.39, 0.29) is 5.91 Å². The molecule has 0 aliphatic heterocycles. The van der Waals surface area contributed by atoms with Crippen LogP contribution in [0.4, 0.5) is 5.69 Å². The van der Waals surface area contributed by atoms with Crippen molar-refractivity contribution in [2.75, 3.05) is 12.4 Å². The van der Waals surface area contributed by atoms with Crippen LogP contribution in [0.1, 0.15) is 16.1 Å². The van der Waals surface area contributed by atoms with Crippen molar-refractivity contribution < 1.29 is 9.32 Å². The molecule has 1 aromatic carbocycles. The molecule has 3 N–H and O–H groups in total. The molecule has 2 heterocycles. The average Bonchev–Trinajstić information content (AvgIpc) is 3.21. The molecule has 0 aliphatic carbocycles. The number of anilines is 1. The molecule has 0 radical (unpaired) electrons. The number of hydrogen-bond acceptors (Lipinski definition) is 4. The molecule has 2 aromatic heterocycles. The van der Waals surface area contributed by atoms with Gasteiger partial charge in [0.25, 0.3) is 5.91 Å². The molecule has 0 bridgehead atoms. The second-order valence-corrected chi connectivity index (χ2v) is 4.79. The summed E-state index contributed by atoms with van der Waals surface area (Å²) in [5.41, 5.74) is 3.19. The Morgan fingerprint density at radius 1 is 1.32 bits per heavy atom. The van der Waals surface area contributed by atoms with Gasteiger partial charge in [0, 0.05) is 25.4 Å². The summed E-state index contributed by atoms with van der Waals surface area (Å²) in [6, 6.07) is 11.8. The lowest BCUT2D eigenvalue weighted by Gasteiger charge is -2.04. The maximum atomic E-state index is 11.6. The predicted molar refractivity (Wildman–Crippen MR) is 83.4 cm³/mol. The monoisotopic (exact) mass is 296 g/mol. The number of benzene rings is 1. The normalized spacial score (nSPS) is 10.4. The number of nitrogens with one attached hydrogen (secondary N) is 3. The van der Waals surface area contributed by atoms with Crippen LogP contribution in [-0.2, 0) is 6.54 Å². The third-order valence-corrected chi connectivity index (χ3v) is 3.31. The van der Waals surface area contributed by atoms with Gasteiger partial charge in [0.2, 0.25) is 0 Å². The summed E-state index contributed by atoms with van der Waals surface area (Å²) in [7, 11) is 1.59. The van der Waals surface area contributed by atoms with E-state index < -0.39 is 0 Å². The van der Waals surface area contributed by atoms with Gasteiger partial charge in [-0.3, -0.25) is 4.79 Å². The smallest absolute Gasteiger partial charge is 0.267 e. The lowest BCUT2D eigenvalue weighted by Crippen LogP contribution is -2.17. The molecule has 3 aromatic rings. The minimum atomic E-state index is -0.176. The van der Waals surface area contributed by atoms with Gasteiger partial charge in [0.05, 0.1) is 6.20 Å². The highest BCUT2D eigenvalue weighted by molar-refractivity contribution is 5.94. The molecule has 0 aliphatic rings. The van der Waals surface area contributed by atoms with Gasteiger partial charge in [-0.25, -0.2) is 0 Å². The van der Waals surface area contributed by atoms with Crippen molar-refractivity contribution in [2.45, 2.75) is 6.54 Å². The molecule has 6 heteroatoms. The summed E-state index contributed by atoms with van der Waals surface area (Å²) in [5.74, 6) is 0.423. The van der Waals surface area contributed by atoms with Gasteiger partial charge in [-0.15, -0.1) is 0 Å². The third kappa shape index (κ3) is 2.85. The lowest BCUT2D eigenvalue weighted by molar-refractivity contribution is 0.0959. The van der Waals surface area contributed by atoms with Crippen LogP contribution in [0, 0.1) is 0 Å². The van der Waals surface area contributed by atoms with Crippen molar-refractivity contribution in [1.82, 2.24) is 15.5 Å². The number of hydrogen-bond donors (Lipinski definition) is 3. The van der Waals surface area contributed by atoms with E-state index >= 15 is 0 Å². The largest absolute Gasteiger partial charge is 0.376 e. The predicted octanol–water partition coefficient (Wildman–Crippen LogP) is 2.64. The van der Waals surface area contributed by atoms with Crippen LogP contribution in [0.5, 0.6) is 0 Å². The van der Waals surface area contributed by atoms with Gasteiger partial charge in [-0.2, -0.15) is 0 Å². The van der Waals surface area contributed by atoms with Gasteiger partial charge in [0.15, 0.2) is 5.76 Å². The first-order valence-electron chi connectivity index (χ1n) is 6.91. The minimum Gasteiger partial charge on any atom is -0.376 e. The Morgan fingerprint density at radius 3 is 2.91 bits per heavy atom. The first kappa shape index (κ1) is 13.9. The molecule has 0 unspecified atom stereocenters. The fourth-order valence-corrected chi connectivity index (χ4v) is 2.16. The second-order valence-electron chi connectivity index (χ2n) is 4.79. The van der Waals surface area contributed by atoms with Crippen LogP contribution in [-0.4, -0.2) is 23.1 Å². The quantitative estimate of drug-likeness (QED) is 0.676. The van der Waals surface area contributed by atoms with Crippen LogP contribution < -0.4 is 10.6 Å². The van der Waals surface area contributed by atoms with E-state index in [2.05, 4.69) is 20.8 Å². The molecule has 0 fully saturated rings.